The molecule has 0 saturated heterocycles. The number of benzene rings is 2. The Hall–Kier alpha value is -2.02. The fourth-order valence-electron chi connectivity index (χ4n) is 5.07. The molecular formula is C30H44NO6P. The Labute approximate surface area is 227 Å². The second-order valence-electron chi connectivity index (χ2n) is 9.75. The molecule has 38 heavy (non-hydrogen) atoms. The van der Waals surface area contributed by atoms with E-state index in [-0.39, 0.29) is 19.1 Å². The SMILES string of the molecule is CCCCOP(=O)(CCCCC1(C(=O)NCCOCCO)c2ccccc2-c2ccccc21)OCCCC. The van der Waals surface area contributed by atoms with E-state index in [9.17, 15) is 9.36 Å². The minimum absolute atomic E-state index is 0.0488. The fourth-order valence-corrected chi connectivity index (χ4v) is 6.82. The number of unbranched alkanes of at least 4 members (excludes halogenated alkanes) is 3. The van der Waals surface area contributed by atoms with Gasteiger partial charge in [-0.2, -0.15) is 0 Å². The standard InChI is InChI=1S/C30H44NO6P/c1-3-5-20-36-38(34,37-21-6-4-2)24-12-11-17-30(29(33)31-18-22-35-23-19-32)27-15-9-7-13-25(27)26-14-8-10-16-28(26)30/h7-10,13-16,32H,3-6,11-12,17-24H2,1-2H3,(H,31,33). The molecule has 0 aliphatic heterocycles. The third-order valence-electron chi connectivity index (χ3n) is 7.02. The number of rotatable bonds is 19. The van der Waals surface area contributed by atoms with E-state index < -0.39 is 13.0 Å². The smallest absolute Gasteiger partial charge is 0.330 e. The lowest BCUT2D eigenvalue weighted by atomic mass is 9.73. The summed E-state index contributed by atoms with van der Waals surface area (Å²) in [7, 11) is -3.18. The van der Waals surface area contributed by atoms with E-state index in [0.717, 1.165) is 47.9 Å². The third kappa shape index (κ3) is 7.55. The first kappa shape index (κ1) is 30.5. The molecule has 3 rings (SSSR count). The molecule has 0 bridgehead atoms. The Bertz CT molecular complexity index is 999. The number of hydrogen-bond acceptors (Lipinski definition) is 6. The first-order valence-electron chi connectivity index (χ1n) is 14.1. The molecule has 1 amide bonds. The van der Waals surface area contributed by atoms with Crippen LogP contribution in [0.3, 0.4) is 0 Å². The van der Waals surface area contributed by atoms with Crippen LogP contribution in [-0.4, -0.2) is 56.8 Å². The summed E-state index contributed by atoms with van der Waals surface area (Å²) in [5, 5.41) is 12.0. The van der Waals surface area contributed by atoms with E-state index in [1.54, 1.807) is 0 Å². The average molecular weight is 546 g/mol. The van der Waals surface area contributed by atoms with Crippen molar-refractivity contribution in [2.24, 2.45) is 0 Å². The predicted octanol–water partition coefficient (Wildman–Crippen LogP) is 6.08. The molecule has 0 aromatic heterocycles. The second kappa shape index (κ2) is 15.5. The van der Waals surface area contributed by atoms with Gasteiger partial charge in [-0.15, -0.1) is 0 Å². The van der Waals surface area contributed by atoms with Crippen LogP contribution in [0.5, 0.6) is 0 Å². The van der Waals surface area contributed by atoms with Gasteiger partial charge >= 0.3 is 7.60 Å². The van der Waals surface area contributed by atoms with E-state index in [4.69, 9.17) is 18.9 Å². The molecule has 0 atom stereocenters. The molecule has 8 heteroatoms. The van der Waals surface area contributed by atoms with Gasteiger partial charge < -0.3 is 24.2 Å². The van der Waals surface area contributed by atoms with Crippen LogP contribution in [0, 0.1) is 0 Å². The summed E-state index contributed by atoms with van der Waals surface area (Å²) < 4.78 is 30.4. The first-order valence-corrected chi connectivity index (χ1v) is 15.8. The van der Waals surface area contributed by atoms with E-state index in [2.05, 4.69) is 31.3 Å². The number of amides is 1. The van der Waals surface area contributed by atoms with Crippen LogP contribution in [0.15, 0.2) is 48.5 Å². The lowest BCUT2D eigenvalue weighted by molar-refractivity contribution is -0.125. The van der Waals surface area contributed by atoms with Gasteiger partial charge in [0, 0.05) is 6.54 Å². The summed E-state index contributed by atoms with van der Waals surface area (Å²) in [6, 6.07) is 16.2. The van der Waals surface area contributed by atoms with Crippen LogP contribution in [0.2, 0.25) is 0 Å². The molecule has 7 nitrogen and oxygen atoms in total. The summed E-state index contributed by atoms with van der Waals surface area (Å²) in [6.45, 7) is 5.91. The van der Waals surface area contributed by atoms with Crippen molar-refractivity contribution in [3.63, 3.8) is 0 Å². The van der Waals surface area contributed by atoms with Crippen molar-refractivity contribution in [1.82, 2.24) is 5.32 Å². The number of carbonyl (C=O) groups is 1. The van der Waals surface area contributed by atoms with E-state index in [1.807, 2.05) is 36.4 Å². The largest absolute Gasteiger partial charge is 0.394 e. The molecule has 210 valence electrons. The van der Waals surface area contributed by atoms with Crippen molar-refractivity contribution in [2.45, 2.75) is 64.2 Å². The highest BCUT2D eigenvalue weighted by Gasteiger charge is 2.48. The fraction of sp³-hybridized carbons (Fsp3) is 0.567. The minimum atomic E-state index is -3.18. The summed E-state index contributed by atoms with van der Waals surface area (Å²) in [4.78, 5) is 13.9. The second-order valence-corrected chi connectivity index (χ2v) is 11.9. The number of ether oxygens (including phenoxy) is 1. The van der Waals surface area contributed by atoms with Crippen molar-refractivity contribution in [3.05, 3.63) is 59.7 Å². The number of hydrogen-bond donors (Lipinski definition) is 2. The zero-order valence-electron chi connectivity index (χ0n) is 23.0. The van der Waals surface area contributed by atoms with Crippen LogP contribution in [0.4, 0.5) is 0 Å². The highest BCUT2D eigenvalue weighted by Crippen LogP contribution is 2.53. The molecule has 2 N–H and O–H groups in total. The average Bonchev–Trinajstić information content (AvgIpc) is 3.22. The Morgan fingerprint density at radius 3 is 1.97 bits per heavy atom. The maximum absolute atomic E-state index is 13.9. The summed E-state index contributed by atoms with van der Waals surface area (Å²) in [5.41, 5.74) is 3.30. The monoisotopic (exact) mass is 545 g/mol. The Balaban J connectivity index is 1.78. The zero-order valence-corrected chi connectivity index (χ0v) is 23.8. The van der Waals surface area contributed by atoms with Crippen molar-refractivity contribution in [2.75, 3.05) is 45.7 Å². The van der Waals surface area contributed by atoms with Crippen LogP contribution in [0.25, 0.3) is 11.1 Å². The van der Waals surface area contributed by atoms with Crippen LogP contribution >= 0.6 is 7.60 Å². The van der Waals surface area contributed by atoms with E-state index in [0.29, 0.717) is 51.8 Å². The van der Waals surface area contributed by atoms with Gasteiger partial charge in [0.1, 0.15) is 5.41 Å². The number of nitrogens with one attached hydrogen (secondary N) is 1. The number of fused-ring (bicyclic) bond motifs is 3. The molecule has 1 aliphatic carbocycles. The van der Waals surface area contributed by atoms with Gasteiger partial charge in [-0.05, 0) is 47.9 Å². The van der Waals surface area contributed by atoms with E-state index in [1.165, 1.54) is 0 Å². The Morgan fingerprint density at radius 1 is 0.842 bits per heavy atom. The number of carbonyl (C=O) groups excluding carboxylic acids is 1. The molecule has 2 aromatic rings. The van der Waals surface area contributed by atoms with Crippen molar-refractivity contribution in [3.8, 4) is 11.1 Å². The Kier molecular flexibility index (Phi) is 12.5. The molecule has 0 saturated carbocycles. The highest BCUT2D eigenvalue weighted by molar-refractivity contribution is 7.53. The molecule has 0 unspecified atom stereocenters. The topological polar surface area (TPSA) is 94.1 Å². The molecule has 2 aromatic carbocycles. The normalized spacial score (nSPS) is 13.8. The Morgan fingerprint density at radius 2 is 1.42 bits per heavy atom. The van der Waals surface area contributed by atoms with Gasteiger partial charge in [-0.3, -0.25) is 9.36 Å². The number of aliphatic hydroxyl groups excluding tert-OH is 1. The molecule has 0 radical (unpaired) electrons. The summed E-state index contributed by atoms with van der Waals surface area (Å²) >= 11 is 0. The van der Waals surface area contributed by atoms with Crippen LogP contribution in [0.1, 0.15) is 69.9 Å². The van der Waals surface area contributed by atoms with Crippen molar-refractivity contribution in [1.29, 1.82) is 0 Å². The number of aliphatic hydroxyl groups is 1. The quantitative estimate of drug-likeness (QED) is 0.164. The maximum Gasteiger partial charge on any atom is 0.330 e. The van der Waals surface area contributed by atoms with Crippen molar-refractivity contribution >= 4 is 13.5 Å². The van der Waals surface area contributed by atoms with Crippen molar-refractivity contribution < 1.29 is 28.3 Å². The van der Waals surface area contributed by atoms with Crippen LogP contribution < -0.4 is 5.32 Å². The van der Waals surface area contributed by atoms with Gasteiger partial charge in [0.25, 0.3) is 0 Å². The first-order chi connectivity index (χ1) is 18.5. The molecule has 0 spiro atoms. The molecule has 0 heterocycles. The summed E-state index contributed by atoms with van der Waals surface area (Å²) in [6.07, 6.45) is 5.88. The third-order valence-corrected chi connectivity index (χ3v) is 9.04. The molecule has 1 aliphatic rings. The highest BCUT2D eigenvalue weighted by atomic mass is 31.2. The van der Waals surface area contributed by atoms with E-state index >= 15 is 0 Å². The lowest BCUT2D eigenvalue weighted by Gasteiger charge is -2.31. The van der Waals surface area contributed by atoms with Gasteiger partial charge in [0.2, 0.25) is 5.91 Å². The lowest BCUT2D eigenvalue weighted by Crippen LogP contribution is -2.45. The molecular weight excluding hydrogens is 501 g/mol. The maximum atomic E-state index is 13.9. The van der Waals surface area contributed by atoms with Gasteiger partial charge in [-0.1, -0.05) is 81.6 Å². The van der Waals surface area contributed by atoms with Gasteiger partial charge in [-0.25, -0.2) is 0 Å². The minimum Gasteiger partial charge on any atom is -0.394 e. The predicted molar refractivity (Wildman–Crippen MR) is 152 cm³/mol. The zero-order chi connectivity index (χ0) is 27.3. The molecule has 0 fully saturated rings. The van der Waals surface area contributed by atoms with Gasteiger partial charge in [0.15, 0.2) is 0 Å². The van der Waals surface area contributed by atoms with Gasteiger partial charge in [0.05, 0.1) is 39.2 Å². The van der Waals surface area contributed by atoms with Crippen LogP contribution in [-0.2, 0) is 28.6 Å². The summed E-state index contributed by atoms with van der Waals surface area (Å²) in [5.74, 6) is -0.0657.